The lowest BCUT2D eigenvalue weighted by Crippen LogP contribution is -2.43. The number of hydrogen-bond donors (Lipinski definition) is 1. The third kappa shape index (κ3) is 3.18. The molecule has 1 aliphatic heterocycles. The van der Waals surface area contributed by atoms with Crippen molar-refractivity contribution in [3.05, 3.63) is 30.4 Å². The van der Waals surface area contributed by atoms with Gasteiger partial charge in [-0.2, -0.15) is 0 Å². The van der Waals surface area contributed by atoms with Crippen molar-refractivity contribution in [2.45, 2.75) is 39.3 Å². The number of carbonyl (C=O) groups is 2. The van der Waals surface area contributed by atoms with Crippen LogP contribution in [0.3, 0.4) is 0 Å². The molecule has 0 spiro atoms. The van der Waals surface area contributed by atoms with Crippen LogP contribution < -0.4 is 5.32 Å². The van der Waals surface area contributed by atoms with Crippen LogP contribution in [0.2, 0.25) is 0 Å². The third-order valence-electron chi connectivity index (χ3n) is 4.03. The second kappa shape index (κ2) is 5.64. The van der Waals surface area contributed by atoms with Crippen LogP contribution >= 0.6 is 0 Å². The Morgan fingerprint density at radius 2 is 2.22 bits per heavy atom. The number of likely N-dealkylation sites (tertiary alicyclic amines) is 1. The monoisotopic (exact) mass is 315 g/mol. The number of nitrogens with zero attached hydrogens (tertiary/aromatic N) is 4. The van der Waals surface area contributed by atoms with Crippen LogP contribution in [0.1, 0.15) is 32.9 Å². The van der Waals surface area contributed by atoms with Gasteiger partial charge in [-0.05, 0) is 26.8 Å². The van der Waals surface area contributed by atoms with E-state index >= 15 is 0 Å². The molecule has 3 heterocycles. The SMILES string of the molecule is CC(C)(C)N1C[C@H](C(=O)NCc2cn3cccnc3n2)CC1=O. The molecular formula is C16H21N5O2. The molecule has 1 saturated heterocycles. The summed E-state index contributed by atoms with van der Waals surface area (Å²) in [5.74, 6) is 0.244. The molecule has 1 N–H and O–H groups in total. The molecule has 2 aromatic rings. The summed E-state index contributed by atoms with van der Waals surface area (Å²) < 4.78 is 1.81. The average Bonchev–Trinajstić information content (AvgIpc) is 3.07. The molecule has 1 atom stereocenters. The molecule has 23 heavy (non-hydrogen) atoms. The van der Waals surface area contributed by atoms with Gasteiger partial charge in [-0.3, -0.25) is 14.0 Å². The van der Waals surface area contributed by atoms with E-state index in [1.165, 1.54) is 0 Å². The van der Waals surface area contributed by atoms with Gasteiger partial charge < -0.3 is 10.2 Å². The molecule has 7 heteroatoms. The van der Waals surface area contributed by atoms with Crippen LogP contribution in [0, 0.1) is 5.92 Å². The number of nitrogens with one attached hydrogen (secondary N) is 1. The van der Waals surface area contributed by atoms with Crippen LogP contribution in [0.25, 0.3) is 5.78 Å². The summed E-state index contributed by atoms with van der Waals surface area (Å²) in [6.07, 6.45) is 5.65. The van der Waals surface area contributed by atoms with E-state index in [-0.39, 0.29) is 29.7 Å². The van der Waals surface area contributed by atoms with Crippen LogP contribution in [0.4, 0.5) is 0 Å². The van der Waals surface area contributed by atoms with Crippen molar-refractivity contribution in [3.63, 3.8) is 0 Å². The minimum atomic E-state index is -0.295. The minimum Gasteiger partial charge on any atom is -0.350 e. The summed E-state index contributed by atoms with van der Waals surface area (Å²) in [5, 5.41) is 2.87. The highest BCUT2D eigenvalue weighted by atomic mass is 16.2. The third-order valence-corrected chi connectivity index (χ3v) is 4.03. The Labute approximate surface area is 134 Å². The van der Waals surface area contributed by atoms with Crippen LogP contribution in [0.5, 0.6) is 0 Å². The van der Waals surface area contributed by atoms with Crippen molar-refractivity contribution >= 4 is 17.6 Å². The van der Waals surface area contributed by atoms with Gasteiger partial charge in [0.15, 0.2) is 0 Å². The zero-order chi connectivity index (χ0) is 16.6. The molecule has 122 valence electrons. The fourth-order valence-electron chi connectivity index (χ4n) is 2.82. The number of imidazole rings is 1. The van der Waals surface area contributed by atoms with Crippen LogP contribution in [-0.4, -0.2) is 43.2 Å². The molecule has 3 rings (SSSR count). The van der Waals surface area contributed by atoms with Gasteiger partial charge in [-0.1, -0.05) is 0 Å². The largest absolute Gasteiger partial charge is 0.350 e. The van der Waals surface area contributed by atoms with E-state index in [1.807, 2.05) is 43.6 Å². The van der Waals surface area contributed by atoms with Crippen LogP contribution in [-0.2, 0) is 16.1 Å². The molecule has 0 unspecified atom stereocenters. The molecule has 7 nitrogen and oxygen atoms in total. The highest BCUT2D eigenvalue weighted by molar-refractivity contribution is 5.89. The summed E-state index contributed by atoms with van der Waals surface area (Å²) in [5.41, 5.74) is 0.494. The average molecular weight is 315 g/mol. The van der Waals surface area contributed by atoms with Crippen molar-refractivity contribution < 1.29 is 9.59 Å². The second-order valence-electron chi connectivity index (χ2n) is 6.85. The van der Waals surface area contributed by atoms with E-state index in [2.05, 4.69) is 15.3 Å². The van der Waals surface area contributed by atoms with E-state index < -0.39 is 0 Å². The molecule has 0 aromatic carbocycles. The van der Waals surface area contributed by atoms with Crippen molar-refractivity contribution in [1.29, 1.82) is 0 Å². The quantitative estimate of drug-likeness (QED) is 0.916. The van der Waals surface area contributed by atoms with Crippen molar-refractivity contribution in [2.24, 2.45) is 5.92 Å². The smallest absolute Gasteiger partial charge is 0.233 e. The van der Waals surface area contributed by atoms with Gasteiger partial charge in [0, 0.05) is 37.1 Å². The van der Waals surface area contributed by atoms with Gasteiger partial charge >= 0.3 is 0 Å². The Balaban J connectivity index is 1.60. The summed E-state index contributed by atoms with van der Waals surface area (Å²) in [6.45, 7) is 6.75. The molecule has 0 saturated carbocycles. The maximum atomic E-state index is 12.3. The topological polar surface area (TPSA) is 79.6 Å². The summed E-state index contributed by atoms with van der Waals surface area (Å²) in [7, 11) is 0. The predicted octanol–water partition coefficient (Wildman–Crippen LogP) is 0.992. The van der Waals surface area contributed by atoms with E-state index in [1.54, 1.807) is 11.1 Å². The predicted molar refractivity (Wildman–Crippen MR) is 84.4 cm³/mol. The fourth-order valence-corrected chi connectivity index (χ4v) is 2.82. The van der Waals surface area contributed by atoms with Gasteiger partial charge in [-0.15, -0.1) is 0 Å². The van der Waals surface area contributed by atoms with E-state index in [9.17, 15) is 9.59 Å². The van der Waals surface area contributed by atoms with E-state index in [0.717, 1.165) is 5.69 Å². The Morgan fingerprint density at radius 3 is 2.87 bits per heavy atom. The Kier molecular flexibility index (Phi) is 3.79. The summed E-state index contributed by atoms with van der Waals surface area (Å²) in [6, 6.07) is 1.82. The first-order valence-corrected chi connectivity index (χ1v) is 7.71. The van der Waals surface area contributed by atoms with Crippen LogP contribution in [0.15, 0.2) is 24.7 Å². The standard InChI is InChI=1S/C16H21N5O2/c1-16(2,3)21-9-11(7-13(21)22)14(23)18-8-12-10-20-6-4-5-17-15(20)19-12/h4-6,10-11H,7-9H2,1-3H3,(H,18,23)/t11-/m1/s1. The Morgan fingerprint density at radius 1 is 1.43 bits per heavy atom. The van der Waals surface area contributed by atoms with Crippen molar-refractivity contribution in [1.82, 2.24) is 24.6 Å². The first-order chi connectivity index (χ1) is 10.8. The maximum absolute atomic E-state index is 12.3. The Hall–Kier alpha value is -2.44. The highest BCUT2D eigenvalue weighted by Crippen LogP contribution is 2.25. The van der Waals surface area contributed by atoms with Gasteiger partial charge in [0.1, 0.15) is 0 Å². The molecule has 2 amide bonds. The molecule has 0 aliphatic carbocycles. The molecule has 1 fully saturated rings. The first kappa shape index (κ1) is 15.5. The number of fused-ring (bicyclic) bond motifs is 1. The summed E-state index contributed by atoms with van der Waals surface area (Å²) >= 11 is 0. The van der Waals surface area contributed by atoms with Gasteiger partial charge in [0.05, 0.1) is 18.2 Å². The fraction of sp³-hybridized carbons (Fsp3) is 0.500. The highest BCUT2D eigenvalue weighted by Gasteiger charge is 2.39. The molecular weight excluding hydrogens is 294 g/mol. The lowest BCUT2D eigenvalue weighted by atomic mass is 10.1. The normalized spacial score (nSPS) is 18.7. The molecule has 0 bridgehead atoms. The lowest BCUT2D eigenvalue weighted by molar-refractivity contribution is -0.132. The van der Waals surface area contributed by atoms with E-state index in [0.29, 0.717) is 18.9 Å². The number of aromatic nitrogens is 3. The Bertz CT molecular complexity index is 713. The minimum absolute atomic E-state index is 0.0366. The number of hydrogen-bond acceptors (Lipinski definition) is 4. The summed E-state index contributed by atoms with van der Waals surface area (Å²) in [4.78, 5) is 34.6. The van der Waals surface area contributed by atoms with E-state index in [4.69, 9.17) is 0 Å². The second-order valence-corrected chi connectivity index (χ2v) is 6.85. The van der Waals surface area contributed by atoms with Gasteiger partial charge in [0.25, 0.3) is 0 Å². The zero-order valence-corrected chi connectivity index (χ0v) is 13.6. The number of amides is 2. The number of carbonyl (C=O) groups excluding carboxylic acids is 2. The first-order valence-electron chi connectivity index (χ1n) is 7.71. The molecule has 2 aromatic heterocycles. The van der Waals surface area contributed by atoms with Crippen molar-refractivity contribution in [3.8, 4) is 0 Å². The zero-order valence-electron chi connectivity index (χ0n) is 13.6. The maximum Gasteiger partial charge on any atom is 0.233 e. The van der Waals surface area contributed by atoms with Gasteiger partial charge in [-0.25, -0.2) is 9.97 Å². The lowest BCUT2D eigenvalue weighted by Gasteiger charge is -2.31. The molecule has 1 aliphatic rings. The molecule has 0 radical (unpaired) electrons. The van der Waals surface area contributed by atoms with Crippen molar-refractivity contribution in [2.75, 3.05) is 6.54 Å². The van der Waals surface area contributed by atoms with Gasteiger partial charge in [0.2, 0.25) is 17.6 Å². The number of rotatable bonds is 3.